The van der Waals surface area contributed by atoms with Crippen LogP contribution in [-0.4, -0.2) is 31.3 Å². The first kappa shape index (κ1) is 21.3. The molecule has 0 radical (unpaired) electrons. The molecule has 1 N–H and O–H groups in total. The van der Waals surface area contributed by atoms with Crippen LogP contribution in [0.4, 0.5) is 11.4 Å². The van der Waals surface area contributed by atoms with Gasteiger partial charge in [-0.2, -0.15) is 0 Å². The van der Waals surface area contributed by atoms with Crippen LogP contribution in [0.5, 0.6) is 0 Å². The SMILES string of the molecule is C=CCn1c(SCC(=O)Nc2ccc(C)c([N+](=O)[O-])c2)nnc1-c1cccc(C)c1. The van der Waals surface area contributed by atoms with Gasteiger partial charge in [-0.05, 0) is 26.0 Å². The van der Waals surface area contributed by atoms with E-state index in [9.17, 15) is 14.9 Å². The second kappa shape index (κ2) is 9.36. The second-order valence-corrected chi connectivity index (χ2v) is 7.61. The van der Waals surface area contributed by atoms with Crippen LogP contribution in [0.1, 0.15) is 11.1 Å². The van der Waals surface area contributed by atoms with Crippen LogP contribution in [-0.2, 0) is 11.3 Å². The van der Waals surface area contributed by atoms with Crippen molar-refractivity contribution in [2.24, 2.45) is 0 Å². The highest BCUT2D eigenvalue weighted by Gasteiger charge is 2.16. The molecule has 1 aromatic heterocycles. The van der Waals surface area contributed by atoms with Crippen molar-refractivity contribution in [3.8, 4) is 11.4 Å². The summed E-state index contributed by atoms with van der Waals surface area (Å²) in [6.45, 7) is 7.95. The zero-order valence-electron chi connectivity index (χ0n) is 16.7. The van der Waals surface area contributed by atoms with Crippen molar-refractivity contribution >= 4 is 29.0 Å². The molecular formula is C21H21N5O3S. The molecule has 1 amide bonds. The molecule has 3 aromatic rings. The number of aryl methyl sites for hydroxylation is 2. The number of carbonyl (C=O) groups excluding carboxylic acids is 1. The van der Waals surface area contributed by atoms with E-state index in [1.54, 1.807) is 25.1 Å². The number of nitro groups is 1. The van der Waals surface area contributed by atoms with Gasteiger partial charge >= 0.3 is 0 Å². The Hall–Kier alpha value is -3.46. The molecule has 2 aromatic carbocycles. The van der Waals surface area contributed by atoms with Gasteiger partial charge in [0.15, 0.2) is 11.0 Å². The van der Waals surface area contributed by atoms with E-state index in [4.69, 9.17) is 0 Å². The Morgan fingerprint density at radius 1 is 1.27 bits per heavy atom. The molecule has 0 bridgehead atoms. The zero-order chi connectivity index (χ0) is 21.7. The predicted molar refractivity (Wildman–Crippen MR) is 118 cm³/mol. The minimum Gasteiger partial charge on any atom is -0.325 e. The average Bonchev–Trinajstić information content (AvgIpc) is 3.10. The molecule has 154 valence electrons. The maximum Gasteiger partial charge on any atom is 0.274 e. The van der Waals surface area contributed by atoms with E-state index in [-0.39, 0.29) is 17.3 Å². The molecule has 30 heavy (non-hydrogen) atoms. The molecule has 9 heteroatoms. The summed E-state index contributed by atoms with van der Waals surface area (Å²) in [4.78, 5) is 23.0. The number of benzene rings is 2. The minimum atomic E-state index is -0.468. The normalized spacial score (nSPS) is 10.6. The lowest BCUT2D eigenvalue weighted by Crippen LogP contribution is -2.15. The highest BCUT2D eigenvalue weighted by molar-refractivity contribution is 7.99. The summed E-state index contributed by atoms with van der Waals surface area (Å²) >= 11 is 1.24. The maximum atomic E-state index is 12.4. The number of hydrogen-bond acceptors (Lipinski definition) is 6. The Morgan fingerprint density at radius 3 is 2.77 bits per heavy atom. The lowest BCUT2D eigenvalue weighted by molar-refractivity contribution is -0.385. The van der Waals surface area contributed by atoms with Gasteiger partial charge in [-0.15, -0.1) is 16.8 Å². The number of aromatic nitrogens is 3. The van der Waals surface area contributed by atoms with Gasteiger partial charge in [-0.3, -0.25) is 19.5 Å². The molecule has 0 aliphatic rings. The summed E-state index contributed by atoms with van der Waals surface area (Å²) in [6, 6.07) is 12.5. The van der Waals surface area contributed by atoms with Gasteiger partial charge in [-0.25, -0.2) is 0 Å². The fraction of sp³-hybridized carbons (Fsp3) is 0.190. The number of rotatable bonds is 8. The Kier molecular flexibility index (Phi) is 6.63. The molecule has 0 aliphatic heterocycles. The first-order valence-corrected chi connectivity index (χ1v) is 10.2. The lowest BCUT2D eigenvalue weighted by Gasteiger charge is -2.09. The van der Waals surface area contributed by atoms with Crippen molar-refractivity contribution in [3.63, 3.8) is 0 Å². The Bertz CT molecular complexity index is 1110. The van der Waals surface area contributed by atoms with E-state index < -0.39 is 4.92 Å². The maximum absolute atomic E-state index is 12.4. The summed E-state index contributed by atoms with van der Waals surface area (Å²) in [5.74, 6) is 0.504. The fourth-order valence-corrected chi connectivity index (χ4v) is 3.65. The molecule has 0 spiro atoms. The zero-order valence-corrected chi connectivity index (χ0v) is 17.5. The second-order valence-electron chi connectivity index (χ2n) is 6.67. The monoisotopic (exact) mass is 423 g/mol. The summed E-state index contributed by atoms with van der Waals surface area (Å²) in [5, 5.41) is 22.9. The molecule has 3 rings (SSSR count). The minimum absolute atomic E-state index is 0.0334. The van der Waals surface area contributed by atoms with E-state index >= 15 is 0 Å². The van der Waals surface area contributed by atoms with Gasteiger partial charge in [0.2, 0.25) is 5.91 Å². The Morgan fingerprint density at radius 2 is 2.07 bits per heavy atom. The quantitative estimate of drug-likeness (QED) is 0.249. The Balaban J connectivity index is 1.72. The van der Waals surface area contributed by atoms with E-state index in [1.807, 2.05) is 35.8 Å². The number of carbonyl (C=O) groups is 1. The summed E-state index contributed by atoms with van der Waals surface area (Å²) < 4.78 is 1.90. The number of thioether (sulfide) groups is 1. The topological polar surface area (TPSA) is 103 Å². The third-order valence-electron chi connectivity index (χ3n) is 4.33. The number of hydrogen-bond donors (Lipinski definition) is 1. The van der Waals surface area contributed by atoms with E-state index in [0.717, 1.165) is 11.1 Å². The molecule has 1 heterocycles. The van der Waals surface area contributed by atoms with Crippen LogP contribution < -0.4 is 5.32 Å². The van der Waals surface area contributed by atoms with Crippen LogP contribution in [0.25, 0.3) is 11.4 Å². The molecule has 0 atom stereocenters. The summed E-state index contributed by atoms with van der Waals surface area (Å²) in [7, 11) is 0. The van der Waals surface area contributed by atoms with Crippen LogP contribution in [0.2, 0.25) is 0 Å². The summed E-state index contributed by atoms with van der Waals surface area (Å²) in [6.07, 6.45) is 1.75. The van der Waals surface area contributed by atoms with Gasteiger partial charge in [0.25, 0.3) is 5.69 Å². The van der Waals surface area contributed by atoms with Gasteiger partial charge < -0.3 is 5.32 Å². The molecular weight excluding hydrogens is 402 g/mol. The van der Waals surface area contributed by atoms with Crippen LogP contribution in [0.3, 0.4) is 0 Å². The molecule has 0 unspecified atom stereocenters. The number of anilines is 1. The van der Waals surface area contributed by atoms with Gasteiger partial charge in [0, 0.05) is 29.4 Å². The highest BCUT2D eigenvalue weighted by Crippen LogP contribution is 2.26. The lowest BCUT2D eigenvalue weighted by atomic mass is 10.1. The van der Waals surface area contributed by atoms with Gasteiger partial charge in [-0.1, -0.05) is 47.7 Å². The molecule has 0 aliphatic carbocycles. The first-order chi connectivity index (χ1) is 14.4. The van der Waals surface area contributed by atoms with Crippen molar-refractivity contribution in [2.75, 3.05) is 11.1 Å². The number of nitrogens with one attached hydrogen (secondary N) is 1. The van der Waals surface area contributed by atoms with Gasteiger partial charge in [0.1, 0.15) is 0 Å². The third kappa shape index (κ3) is 4.93. The highest BCUT2D eigenvalue weighted by atomic mass is 32.2. The summed E-state index contributed by atoms with van der Waals surface area (Å²) in [5.41, 5.74) is 2.93. The molecule has 8 nitrogen and oxygen atoms in total. The van der Waals surface area contributed by atoms with Crippen molar-refractivity contribution in [1.82, 2.24) is 14.8 Å². The number of amides is 1. The molecule has 0 saturated heterocycles. The Labute approximate surface area is 178 Å². The van der Waals surface area contributed by atoms with E-state index in [2.05, 4.69) is 22.1 Å². The van der Waals surface area contributed by atoms with Crippen molar-refractivity contribution in [2.45, 2.75) is 25.5 Å². The molecule has 0 saturated carbocycles. The van der Waals surface area contributed by atoms with E-state index in [1.165, 1.54) is 17.8 Å². The predicted octanol–water partition coefficient (Wildman–Crippen LogP) is 4.39. The largest absolute Gasteiger partial charge is 0.325 e. The van der Waals surface area contributed by atoms with Crippen LogP contribution >= 0.6 is 11.8 Å². The number of allylic oxidation sites excluding steroid dienone is 1. The number of nitrogens with zero attached hydrogens (tertiary/aromatic N) is 4. The third-order valence-corrected chi connectivity index (χ3v) is 5.29. The van der Waals surface area contributed by atoms with Crippen LogP contribution in [0, 0.1) is 24.0 Å². The van der Waals surface area contributed by atoms with Crippen molar-refractivity contribution in [1.29, 1.82) is 0 Å². The first-order valence-electron chi connectivity index (χ1n) is 9.18. The van der Waals surface area contributed by atoms with E-state index in [0.29, 0.717) is 28.8 Å². The van der Waals surface area contributed by atoms with Crippen LogP contribution in [0.15, 0.2) is 60.3 Å². The van der Waals surface area contributed by atoms with Crippen molar-refractivity contribution < 1.29 is 9.72 Å². The fourth-order valence-electron chi connectivity index (χ4n) is 2.90. The van der Waals surface area contributed by atoms with Crippen molar-refractivity contribution in [3.05, 3.63) is 76.4 Å². The number of nitro benzene ring substituents is 1. The smallest absolute Gasteiger partial charge is 0.274 e. The standard InChI is InChI=1S/C21H21N5O3S/c1-4-10-25-20(16-7-5-6-14(2)11-16)23-24-21(25)30-13-19(27)22-17-9-8-15(3)18(12-17)26(28)29/h4-9,11-12H,1,10,13H2,2-3H3,(H,22,27). The van der Waals surface area contributed by atoms with Gasteiger partial charge in [0.05, 0.1) is 10.7 Å². The molecule has 0 fully saturated rings. The average molecular weight is 423 g/mol.